The molecule has 9 heavy (non-hydrogen) atoms. The van der Waals surface area contributed by atoms with Crippen LogP contribution >= 0.6 is 31.9 Å². The van der Waals surface area contributed by atoms with Crippen molar-refractivity contribution in [3.8, 4) is 0 Å². The Morgan fingerprint density at radius 1 is 1.11 bits per heavy atom. The zero-order valence-electron chi connectivity index (χ0n) is 6.20. The van der Waals surface area contributed by atoms with E-state index >= 15 is 0 Å². The van der Waals surface area contributed by atoms with Gasteiger partial charge in [0.05, 0.1) is 0 Å². The molecule has 2 heteroatoms. The first kappa shape index (κ1) is 9.96. The van der Waals surface area contributed by atoms with Crippen molar-refractivity contribution >= 4 is 31.9 Å². The van der Waals surface area contributed by atoms with Crippen LogP contribution in [0.1, 0.15) is 27.2 Å². The fraction of sp³-hybridized carbons (Fsp3) is 1.00. The third-order valence-electron chi connectivity index (χ3n) is 1.48. The molecule has 0 saturated carbocycles. The van der Waals surface area contributed by atoms with Crippen LogP contribution in [0.4, 0.5) is 0 Å². The summed E-state index contributed by atoms with van der Waals surface area (Å²) in [7, 11) is 0. The standard InChI is InChI=1S/C7H14Br2/c1-5(7(3)9)4-6(2)8/h5-7H,4H2,1-3H3. The van der Waals surface area contributed by atoms with Crippen molar-refractivity contribution in [2.45, 2.75) is 36.8 Å². The van der Waals surface area contributed by atoms with E-state index in [1.807, 2.05) is 0 Å². The number of rotatable bonds is 3. The molecule has 0 heterocycles. The van der Waals surface area contributed by atoms with Gasteiger partial charge >= 0.3 is 0 Å². The van der Waals surface area contributed by atoms with Crippen LogP contribution in [0.15, 0.2) is 0 Å². The lowest BCUT2D eigenvalue weighted by Gasteiger charge is -2.14. The monoisotopic (exact) mass is 256 g/mol. The summed E-state index contributed by atoms with van der Waals surface area (Å²) in [6, 6.07) is 0. The third-order valence-corrected chi connectivity index (χ3v) is 2.76. The summed E-state index contributed by atoms with van der Waals surface area (Å²) >= 11 is 7.07. The zero-order chi connectivity index (χ0) is 7.44. The van der Waals surface area contributed by atoms with E-state index in [2.05, 4.69) is 52.6 Å². The Kier molecular flexibility index (Phi) is 5.23. The summed E-state index contributed by atoms with van der Waals surface area (Å²) in [4.78, 5) is 1.28. The van der Waals surface area contributed by atoms with E-state index in [4.69, 9.17) is 0 Å². The lowest BCUT2D eigenvalue weighted by Crippen LogP contribution is -2.10. The molecule has 0 aromatic carbocycles. The molecule has 0 aliphatic carbocycles. The van der Waals surface area contributed by atoms with Gasteiger partial charge in [-0.3, -0.25) is 0 Å². The van der Waals surface area contributed by atoms with Gasteiger partial charge in [-0.25, -0.2) is 0 Å². The second-order valence-electron chi connectivity index (χ2n) is 2.67. The molecule has 0 rings (SSSR count). The molecule has 0 radical (unpaired) electrons. The van der Waals surface area contributed by atoms with Crippen LogP contribution in [0.5, 0.6) is 0 Å². The number of halogens is 2. The highest BCUT2D eigenvalue weighted by atomic mass is 79.9. The molecule has 0 fully saturated rings. The molecule has 0 aliphatic rings. The predicted octanol–water partition coefficient (Wildman–Crippen LogP) is 3.58. The summed E-state index contributed by atoms with van der Waals surface area (Å²) in [6.07, 6.45) is 1.24. The number of hydrogen-bond acceptors (Lipinski definition) is 0. The van der Waals surface area contributed by atoms with Crippen LogP contribution < -0.4 is 0 Å². The van der Waals surface area contributed by atoms with Crippen molar-refractivity contribution < 1.29 is 0 Å². The quantitative estimate of drug-likeness (QED) is 0.678. The number of alkyl halides is 2. The summed E-state index contributed by atoms with van der Waals surface area (Å²) in [6.45, 7) is 6.64. The summed E-state index contributed by atoms with van der Waals surface area (Å²) in [5.41, 5.74) is 0. The third kappa shape index (κ3) is 5.41. The fourth-order valence-corrected chi connectivity index (χ4v) is 1.51. The Bertz CT molecular complexity index is 69.3. The van der Waals surface area contributed by atoms with E-state index in [1.54, 1.807) is 0 Å². The van der Waals surface area contributed by atoms with Gasteiger partial charge < -0.3 is 0 Å². The molecule has 0 nitrogen and oxygen atoms in total. The maximum absolute atomic E-state index is 3.55. The van der Waals surface area contributed by atoms with E-state index < -0.39 is 0 Å². The lowest BCUT2D eigenvalue weighted by molar-refractivity contribution is 0.536. The zero-order valence-corrected chi connectivity index (χ0v) is 9.37. The molecule has 0 aromatic rings. The fourth-order valence-electron chi connectivity index (χ4n) is 0.700. The summed E-state index contributed by atoms with van der Waals surface area (Å²) in [5.74, 6) is 0.763. The minimum Gasteiger partial charge on any atom is -0.0894 e. The minimum absolute atomic E-state index is 0.637. The highest BCUT2D eigenvalue weighted by Gasteiger charge is 2.10. The largest absolute Gasteiger partial charge is 0.0894 e. The van der Waals surface area contributed by atoms with Crippen molar-refractivity contribution in [1.82, 2.24) is 0 Å². The topological polar surface area (TPSA) is 0 Å². The SMILES string of the molecule is CC(Br)CC(C)C(C)Br. The minimum atomic E-state index is 0.637. The van der Waals surface area contributed by atoms with Gasteiger partial charge in [0.1, 0.15) is 0 Å². The van der Waals surface area contributed by atoms with E-state index in [9.17, 15) is 0 Å². The van der Waals surface area contributed by atoms with Crippen molar-refractivity contribution in [2.75, 3.05) is 0 Å². The highest BCUT2D eigenvalue weighted by molar-refractivity contribution is 9.09. The molecular formula is C7H14Br2. The van der Waals surface area contributed by atoms with Gasteiger partial charge in [0.25, 0.3) is 0 Å². The molecule has 0 amide bonds. The smallest absolute Gasteiger partial charge is 0.0143 e. The van der Waals surface area contributed by atoms with Crippen LogP contribution in [-0.2, 0) is 0 Å². The Balaban J connectivity index is 3.38. The average Bonchev–Trinajstić information content (AvgIpc) is 1.63. The van der Waals surface area contributed by atoms with Crippen molar-refractivity contribution in [1.29, 1.82) is 0 Å². The van der Waals surface area contributed by atoms with Crippen molar-refractivity contribution in [3.05, 3.63) is 0 Å². The molecule has 0 aromatic heterocycles. The molecule has 0 bridgehead atoms. The van der Waals surface area contributed by atoms with Crippen LogP contribution in [-0.4, -0.2) is 9.65 Å². The second kappa shape index (κ2) is 4.73. The van der Waals surface area contributed by atoms with Gasteiger partial charge in [-0.15, -0.1) is 0 Å². The Hall–Kier alpha value is 0.960. The molecule has 3 atom stereocenters. The molecule has 0 N–H and O–H groups in total. The molecular weight excluding hydrogens is 244 g/mol. The van der Waals surface area contributed by atoms with Crippen LogP contribution in [0.25, 0.3) is 0 Å². The van der Waals surface area contributed by atoms with Gasteiger partial charge in [0.15, 0.2) is 0 Å². The van der Waals surface area contributed by atoms with E-state index in [0.29, 0.717) is 9.65 Å². The van der Waals surface area contributed by atoms with Crippen molar-refractivity contribution in [3.63, 3.8) is 0 Å². The van der Waals surface area contributed by atoms with Crippen molar-refractivity contribution in [2.24, 2.45) is 5.92 Å². The second-order valence-corrected chi connectivity index (χ2v) is 5.68. The molecule has 0 spiro atoms. The van der Waals surface area contributed by atoms with Crippen LogP contribution in [0.2, 0.25) is 0 Å². The Morgan fingerprint density at radius 2 is 1.56 bits per heavy atom. The first-order valence-electron chi connectivity index (χ1n) is 3.32. The van der Waals surface area contributed by atoms with Gasteiger partial charge in [0, 0.05) is 9.65 Å². The summed E-state index contributed by atoms with van der Waals surface area (Å²) < 4.78 is 0. The Labute approximate surface area is 74.7 Å². The van der Waals surface area contributed by atoms with Gasteiger partial charge in [-0.1, -0.05) is 52.6 Å². The molecule has 3 unspecified atom stereocenters. The van der Waals surface area contributed by atoms with E-state index in [1.165, 1.54) is 6.42 Å². The first-order chi connectivity index (χ1) is 4.04. The lowest BCUT2D eigenvalue weighted by atomic mass is 10.0. The van der Waals surface area contributed by atoms with Gasteiger partial charge in [-0.2, -0.15) is 0 Å². The molecule has 0 saturated heterocycles. The predicted molar refractivity (Wildman–Crippen MR) is 50.6 cm³/mol. The first-order valence-corrected chi connectivity index (χ1v) is 5.15. The number of hydrogen-bond donors (Lipinski definition) is 0. The highest BCUT2D eigenvalue weighted by Crippen LogP contribution is 2.20. The maximum atomic E-state index is 3.55. The Morgan fingerprint density at radius 3 is 1.67 bits per heavy atom. The van der Waals surface area contributed by atoms with E-state index in [-0.39, 0.29) is 0 Å². The van der Waals surface area contributed by atoms with Crippen LogP contribution in [0, 0.1) is 5.92 Å². The van der Waals surface area contributed by atoms with Gasteiger partial charge in [0.2, 0.25) is 0 Å². The summed E-state index contributed by atoms with van der Waals surface area (Å²) in [5, 5.41) is 0. The van der Waals surface area contributed by atoms with Crippen LogP contribution in [0.3, 0.4) is 0 Å². The molecule has 0 aliphatic heterocycles. The van der Waals surface area contributed by atoms with Gasteiger partial charge in [-0.05, 0) is 12.3 Å². The molecule has 56 valence electrons. The normalized spacial score (nSPS) is 21.0. The maximum Gasteiger partial charge on any atom is 0.0143 e. The van der Waals surface area contributed by atoms with E-state index in [0.717, 1.165) is 5.92 Å². The average molecular weight is 258 g/mol.